The highest BCUT2D eigenvalue weighted by atomic mass is 16.8. The molecule has 0 radical (unpaired) electrons. The van der Waals surface area contributed by atoms with Crippen molar-refractivity contribution in [2.75, 3.05) is 0 Å². The highest BCUT2D eigenvalue weighted by Gasteiger charge is 2.26. The van der Waals surface area contributed by atoms with E-state index in [2.05, 4.69) is 48.1 Å². The average Bonchev–Trinajstić information content (AvgIpc) is 2.57. The summed E-state index contributed by atoms with van der Waals surface area (Å²) in [6.07, 6.45) is 23.3. The van der Waals surface area contributed by atoms with Crippen molar-refractivity contribution in [3.8, 4) is 0 Å². The number of unbranched alkanes of at least 4 members (excludes halogenated alkanes) is 5. The van der Waals surface area contributed by atoms with E-state index in [4.69, 9.17) is 0 Å². The van der Waals surface area contributed by atoms with E-state index >= 15 is 0 Å². The summed E-state index contributed by atoms with van der Waals surface area (Å²) in [5, 5.41) is 18.8. The van der Waals surface area contributed by atoms with Crippen LogP contribution in [-0.2, 0) is 9.53 Å². The summed E-state index contributed by atoms with van der Waals surface area (Å²) in [5.41, 5.74) is 0. The van der Waals surface area contributed by atoms with Crippen LogP contribution in [0.5, 0.6) is 0 Å². The van der Waals surface area contributed by atoms with Gasteiger partial charge >= 0.3 is 11.9 Å². The normalized spacial score (nSPS) is 12.6. The van der Waals surface area contributed by atoms with Gasteiger partial charge in [0.15, 0.2) is 0 Å². The molecule has 2 N–H and O–H groups in total. The lowest BCUT2D eigenvalue weighted by molar-refractivity contribution is -0.322. The SMILES string of the molecule is CC/C=C\C/C=C\C/C=C\CCCCCCCC(=O)OC(O)(O)CCC. The molecule has 0 atom stereocenters. The van der Waals surface area contributed by atoms with E-state index in [-0.39, 0.29) is 12.8 Å². The Morgan fingerprint density at radius 1 is 0.846 bits per heavy atom. The van der Waals surface area contributed by atoms with E-state index in [9.17, 15) is 15.0 Å². The maximum Gasteiger partial charge on any atom is 0.324 e. The van der Waals surface area contributed by atoms with Crippen LogP contribution >= 0.6 is 0 Å². The van der Waals surface area contributed by atoms with Crippen LogP contribution in [-0.4, -0.2) is 22.2 Å². The fourth-order valence-corrected chi connectivity index (χ4v) is 2.50. The fraction of sp³-hybridized carbons (Fsp3) is 0.682. The van der Waals surface area contributed by atoms with Crippen molar-refractivity contribution in [3.05, 3.63) is 36.5 Å². The summed E-state index contributed by atoms with van der Waals surface area (Å²) in [6.45, 7) is 3.94. The van der Waals surface area contributed by atoms with Crippen LogP contribution in [0.25, 0.3) is 0 Å². The topological polar surface area (TPSA) is 66.8 Å². The van der Waals surface area contributed by atoms with Gasteiger partial charge in [-0.05, 0) is 44.9 Å². The predicted molar refractivity (Wildman–Crippen MR) is 107 cm³/mol. The third kappa shape index (κ3) is 17.4. The number of aliphatic hydroxyl groups is 2. The van der Waals surface area contributed by atoms with Crippen molar-refractivity contribution in [1.29, 1.82) is 0 Å². The van der Waals surface area contributed by atoms with Gasteiger partial charge < -0.3 is 14.9 Å². The van der Waals surface area contributed by atoms with Gasteiger partial charge in [0.2, 0.25) is 0 Å². The molecular formula is C22H38O4. The molecule has 0 aromatic carbocycles. The van der Waals surface area contributed by atoms with E-state index in [1.807, 2.05) is 0 Å². The summed E-state index contributed by atoms with van der Waals surface area (Å²) >= 11 is 0. The molecule has 0 amide bonds. The van der Waals surface area contributed by atoms with Crippen molar-refractivity contribution < 1.29 is 19.7 Å². The first-order valence-electron chi connectivity index (χ1n) is 10.1. The molecule has 0 fully saturated rings. The van der Waals surface area contributed by atoms with E-state index in [1.54, 1.807) is 6.92 Å². The van der Waals surface area contributed by atoms with Crippen LogP contribution < -0.4 is 0 Å². The van der Waals surface area contributed by atoms with E-state index in [1.165, 1.54) is 0 Å². The van der Waals surface area contributed by atoms with Gasteiger partial charge in [0, 0.05) is 12.8 Å². The van der Waals surface area contributed by atoms with Gasteiger partial charge in [0.25, 0.3) is 0 Å². The van der Waals surface area contributed by atoms with Gasteiger partial charge in [0.1, 0.15) is 0 Å². The van der Waals surface area contributed by atoms with Gasteiger partial charge in [-0.1, -0.05) is 69.6 Å². The molecule has 0 saturated heterocycles. The highest BCUT2D eigenvalue weighted by molar-refractivity contribution is 5.69. The van der Waals surface area contributed by atoms with Gasteiger partial charge in [-0.15, -0.1) is 0 Å². The van der Waals surface area contributed by atoms with E-state index in [0.717, 1.165) is 57.8 Å². The lowest BCUT2D eigenvalue weighted by Gasteiger charge is -2.20. The minimum absolute atomic E-state index is 0.0396. The Labute approximate surface area is 159 Å². The molecule has 4 heteroatoms. The molecule has 0 bridgehead atoms. The second-order valence-electron chi connectivity index (χ2n) is 6.57. The summed E-state index contributed by atoms with van der Waals surface area (Å²) in [6, 6.07) is 0. The third-order valence-corrected chi connectivity index (χ3v) is 3.88. The Kier molecular flexibility index (Phi) is 16.1. The van der Waals surface area contributed by atoms with Crippen molar-refractivity contribution in [2.24, 2.45) is 0 Å². The summed E-state index contributed by atoms with van der Waals surface area (Å²) in [4.78, 5) is 11.5. The number of hydrogen-bond donors (Lipinski definition) is 2. The molecule has 0 heterocycles. The van der Waals surface area contributed by atoms with Crippen molar-refractivity contribution in [1.82, 2.24) is 0 Å². The summed E-state index contributed by atoms with van der Waals surface area (Å²) in [5.74, 6) is -2.84. The first kappa shape index (κ1) is 24.6. The van der Waals surface area contributed by atoms with E-state index < -0.39 is 11.9 Å². The second-order valence-corrected chi connectivity index (χ2v) is 6.57. The van der Waals surface area contributed by atoms with Gasteiger partial charge in [-0.25, -0.2) is 0 Å². The highest BCUT2D eigenvalue weighted by Crippen LogP contribution is 2.14. The lowest BCUT2D eigenvalue weighted by atomic mass is 10.1. The molecule has 0 saturated carbocycles. The first-order chi connectivity index (χ1) is 12.5. The Morgan fingerprint density at radius 3 is 2.08 bits per heavy atom. The third-order valence-electron chi connectivity index (χ3n) is 3.88. The van der Waals surface area contributed by atoms with Crippen molar-refractivity contribution in [2.45, 2.75) is 96.9 Å². The molecule has 26 heavy (non-hydrogen) atoms. The molecule has 4 nitrogen and oxygen atoms in total. The Morgan fingerprint density at radius 2 is 1.42 bits per heavy atom. The average molecular weight is 367 g/mol. The minimum atomic E-state index is -2.31. The van der Waals surface area contributed by atoms with Crippen LogP contribution in [0.2, 0.25) is 0 Å². The summed E-state index contributed by atoms with van der Waals surface area (Å²) < 4.78 is 4.65. The predicted octanol–water partition coefficient (Wildman–Crippen LogP) is 5.56. The lowest BCUT2D eigenvalue weighted by Crippen LogP contribution is -2.34. The van der Waals surface area contributed by atoms with Crippen LogP contribution in [0, 0.1) is 0 Å². The van der Waals surface area contributed by atoms with E-state index in [0.29, 0.717) is 6.42 Å². The number of ether oxygens (including phenoxy) is 1. The molecule has 0 aromatic heterocycles. The van der Waals surface area contributed by atoms with Crippen LogP contribution in [0.3, 0.4) is 0 Å². The molecule has 0 aliphatic heterocycles. The number of carbonyl (C=O) groups is 1. The zero-order valence-corrected chi connectivity index (χ0v) is 16.7. The monoisotopic (exact) mass is 366 g/mol. The Hall–Kier alpha value is -1.39. The number of hydrogen-bond acceptors (Lipinski definition) is 4. The standard InChI is InChI=1S/C22H38O4/c1-3-5-6-7-8-9-10-11-12-13-14-15-16-17-18-19-21(23)26-22(24,25)20-4-2/h5-6,8-9,11-12,24-25H,3-4,7,10,13-20H2,1-2H3/b6-5-,9-8-,12-11-. The zero-order chi connectivity index (χ0) is 19.5. The van der Waals surface area contributed by atoms with Crippen LogP contribution in [0.15, 0.2) is 36.5 Å². The fourth-order valence-electron chi connectivity index (χ4n) is 2.50. The molecule has 0 unspecified atom stereocenters. The van der Waals surface area contributed by atoms with Crippen LogP contribution in [0.4, 0.5) is 0 Å². The second kappa shape index (κ2) is 17.0. The molecule has 0 rings (SSSR count). The smallest absolute Gasteiger partial charge is 0.324 e. The quantitative estimate of drug-likeness (QED) is 0.162. The number of allylic oxidation sites excluding steroid dienone is 6. The number of rotatable bonds is 16. The maximum atomic E-state index is 11.5. The molecule has 0 aromatic rings. The van der Waals surface area contributed by atoms with Gasteiger partial charge in [-0.2, -0.15) is 0 Å². The zero-order valence-electron chi connectivity index (χ0n) is 16.7. The molecular weight excluding hydrogens is 328 g/mol. The molecule has 0 spiro atoms. The largest absolute Gasteiger partial charge is 0.408 e. The van der Waals surface area contributed by atoms with Crippen molar-refractivity contribution in [3.63, 3.8) is 0 Å². The number of carbonyl (C=O) groups excluding carboxylic acids is 1. The first-order valence-corrected chi connectivity index (χ1v) is 10.1. The van der Waals surface area contributed by atoms with Gasteiger partial charge in [-0.3, -0.25) is 4.79 Å². The number of esters is 1. The van der Waals surface area contributed by atoms with Gasteiger partial charge in [0.05, 0.1) is 0 Å². The Balaban J connectivity index is 3.47. The minimum Gasteiger partial charge on any atom is -0.408 e. The maximum absolute atomic E-state index is 11.5. The molecule has 0 aliphatic carbocycles. The molecule has 0 aliphatic rings. The van der Waals surface area contributed by atoms with Crippen molar-refractivity contribution >= 4 is 5.97 Å². The molecule has 150 valence electrons. The summed E-state index contributed by atoms with van der Waals surface area (Å²) in [7, 11) is 0. The Bertz CT molecular complexity index is 422. The van der Waals surface area contributed by atoms with Crippen LogP contribution in [0.1, 0.15) is 90.9 Å².